The number of carbonyl (C=O) groups excluding carboxylic acids is 1. The van der Waals surface area contributed by atoms with Crippen molar-refractivity contribution in [2.24, 2.45) is 0 Å². The van der Waals surface area contributed by atoms with Gasteiger partial charge in [0.25, 0.3) is 0 Å². The van der Waals surface area contributed by atoms with Gasteiger partial charge >= 0.3 is 0 Å². The Morgan fingerprint density at radius 1 is 1.26 bits per heavy atom. The lowest BCUT2D eigenvalue weighted by molar-refractivity contribution is -0.903. The van der Waals surface area contributed by atoms with Crippen molar-refractivity contribution < 1.29 is 14.4 Å². The van der Waals surface area contributed by atoms with Gasteiger partial charge in [0.2, 0.25) is 5.78 Å². The summed E-state index contributed by atoms with van der Waals surface area (Å²) in [5.41, 5.74) is 2.98. The van der Waals surface area contributed by atoms with E-state index in [1.54, 1.807) is 0 Å². The van der Waals surface area contributed by atoms with E-state index in [9.17, 15) is 4.79 Å². The zero-order chi connectivity index (χ0) is 13.6. The van der Waals surface area contributed by atoms with Gasteiger partial charge in [0.15, 0.2) is 6.04 Å². The van der Waals surface area contributed by atoms with Crippen LogP contribution in [0.5, 0.6) is 5.75 Å². The quantitative estimate of drug-likeness (QED) is 0.852. The number of quaternary nitrogens is 1. The first-order valence-corrected chi connectivity index (χ1v) is 7.70. The molecule has 1 aromatic rings. The first-order valence-electron chi connectivity index (χ1n) is 6.91. The number of rotatable bonds is 1. The Hall–Kier alpha value is -0.870. The first-order chi connectivity index (χ1) is 9.09. The highest BCUT2D eigenvalue weighted by Crippen LogP contribution is 2.34. The molecule has 3 rings (SSSR count). The van der Waals surface area contributed by atoms with Crippen LogP contribution in [-0.2, 0) is 0 Å². The average molecular weight is 325 g/mol. The Morgan fingerprint density at radius 3 is 2.63 bits per heavy atom. The van der Waals surface area contributed by atoms with Crippen LogP contribution >= 0.6 is 15.9 Å². The molecule has 4 heteroatoms. The molecule has 1 unspecified atom stereocenters. The van der Waals surface area contributed by atoms with E-state index in [1.807, 2.05) is 19.9 Å². The van der Waals surface area contributed by atoms with Gasteiger partial charge in [-0.1, -0.05) is 15.9 Å². The number of fused-ring (bicyclic) bond motifs is 1. The normalized spacial score (nSPS) is 23.3. The maximum atomic E-state index is 12.7. The number of likely N-dealkylation sites (tertiary alicyclic amines) is 1. The molecule has 1 saturated heterocycles. The van der Waals surface area contributed by atoms with Crippen molar-refractivity contribution in [3.8, 4) is 5.75 Å². The van der Waals surface area contributed by atoms with Crippen LogP contribution in [-0.4, -0.2) is 31.5 Å². The molecule has 0 bridgehead atoms. The SMILES string of the molecule is Cc1c(Br)cc2c(c1C)OCC([NH+]1CCCC1)C2=O. The van der Waals surface area contributed by atoms with E-state index >= 15 is 0 Å². The number of hydrogen-bond donors (Lipinski definition) is 1. The van der Waals surface area contributed by atoms with E-state index in [0.717, 1.165) is 40.0 Å². The summed E-state index contributed by atoms with van der Waals surface area (Å²) >= 11 is 3.54. The molecule has 102 valence electrons. The van der Waals surface area contributed by atoms with E-state index in [-0.39, 0.29) is 11.8 Å². The van der Waals surface area contributed by atoms with Crippen molar-refractivity contribution in [1.29, 1.82) is 0 Å². The third kappa shape index (κ3) is 2.11. The number of Topliss-reactive ketones (excluding diaryl/α,β-unsaturated/α-hetero) is 1. The number of halogens is 1. The fourth-order valence-electron chi connectivity index (χ4n) is 3.13. The van der Waals surface area contributed by atoms with Crippen molar-refractivity contribution in [3.63, 3.8) is 0 Å². The summed E-state index contributed by atoms with van der Waals surface area (Å²) in [6.45, 7) is 6.80. The number of nitrogens with one attached hydrogen (secondary N) is 1. The second kappa shape index (κ2) is 4.91. The van der Waals surface area contributed by atoms with Gasteiger partial charge < -0.3 is 9.64 Å². The summed E-state index contributed by atoms with van der Waals surface area (Å²) in [4.78, 5) is 14.1. The molecule has 19 heavy (non-hydrogen) atoms. The Morgan fingerprint density at radius 2 is 1.95 bits per heavy atom. The van der Waals surface area contributed by atoms with E-state index in [1.165, 1.54) is 17.7 Å². The summed E-state index contributed by atoms with van der Waals surface area (Å²) in [5.74, 6) is 1.04. The monoisotopic (exact) mass is 324 g/mol. The molecule has 0 radical (unpaired) electrons. The number of carbonyl (C=O) groups is 1. The molecule has 0 saturated carbocycles. The molecule has 0 aliphatic carbocycles. The van der Waals surface area contributed by atoms with E-state index in [4.69, 9.17) is 4.74 Å². The minimum Gasteiger partial charge on any atom is -0.486 e. The predicted molar refractivity (Wildman–Crippen MR) is 77.2 cm³/mol. The molecule has 2 aliphatic heterocycles. The molecule has 1 fully saturated rings. The second-order valence-electron chi connectivity index (χ2n) is 5.58. The van der Waals surface area contributed by atoms with Gasteiger partial charge in [0, 0.05) is 17.3 Å². The predicted octanol–water partition coefficient (Wildman–Crippen LogP) is 1.69. The highest BCUT2D eigenvalue weighted by Gasteiger charge is 2.38. The molecule has 0 aromatic heterocycles. The molecule has 3 nitrogen and oxygen atoms in total. The maximum Gasteiger partial charge on any atom is 0.227 e. The standard InChI is InChI=1S/C15H18BrNO2/c1-9-10(2)15-11(7-12(9)16)14(18)13(8-19-15)17-5-3-4-6-17/h7,13H,3-6,8H2,1-2H3/p+1. The van der Waals surface area contributed by atoms with Crippen LogP contribution in [0.25, 0.3) is 0 Å². The molecule has 1 atom stereocenters. The van der Waals surface area contributed by atoms with Gasteiger partial charge in [-0.2, -0.15) is 0 Å². The van der Waals surface area contributed by atoms with Crippen LogP contribution in [0.2, 0.25) is 0 Å². The maximum absolute atomic E-state index is 12.7. The summed E-state index contributed by atoms with van der Waals surface area (Å²) in [7, 11) is 0. The number of hydrogen-bond acceptors (Lipinski definition) is 2. The topological polar surface area (TPSA) is 30.7 Å². The molecule has 0 spiro atoms. The summed E-state index contributed by atoms with van der Waals surface area (Å²) in [6.07, 6.45) is 2.45. The highest BCUT2D eigenvalue weighted by molar-refractivity contribution is 9.10. The minimum absolute atomic E-state index is 0.0102. The zero-order valence-electron chi connectivity index (χ0n) is 11.4. The van der Waals surface area contributed by atoms with Crippen LogP contribution in [0.1, 0.15) is 34.3 Å². The van der Waals surface area contributed by atoms with Crippen LogP contribution in [0, 0.1) is 13.8 Å². The number of ketones is 1. The van der Waals surface area contributed by atoms with Crippen molar-refractivity contribution in [2.75, 3.05) is 19.7 Å². The summed E-state index contributed by atoms with van der Waals surface area (Å²) in [6, 6.07) is 1.92. The molecule has 0 amide bonds. The molecule has 2 heterocycles. The average Bonchev–Trinajstić information content (AvgIpc) is 2.91. The number of benzene rings is 1. The lowest BCUT2D eigenvalue weighted by atomic mass is 9.95. The third-order valence-corrected chi connectivity index (χ3v) is 5.32. The molecule has 1 N–H and O–H groups in total. The number of ether oxygens (including phenoxy) is 1. The van der Waals surface area contributed by atoms with Crippen molar-refractivity contribution >= 4 is 21.7 Å². The van der Waals surface area contributed by atoms with Gasteiger partial charge in [-0.05, 0) is 31.0 Å². The van der Waals surface area contributed by atoms with Gasteiger partial charge in [-0.3, -0.25) is 4.79 Å². The van der Waals surface area contributed by atoms with E-state index in [2.05, 4.69) is 15.9 Å². The van der Waals surface area contributed by atoms with Crippen LogP contribution in [0.15, 0.2) is 10.5 Å². The fourth-order valence-corrected chi connectivity index (χ4v) is 3.66. The van der Waals surface area contributed by atoms with Crippen LogP contribution in [0.4, 0.5) is 0 Å². The van der Waals surface area contributed by atoms with E-state index in [0.29, 0.717) is 6.61 Å². The second-order valence-corrected chi connectivity index (χ2v) is 6.43. The molecular formula is C15H19BrNO2+. The molecule has 2 aliphatic rings. The third-order valence-electron chi connectivity index (χ3n) is 4.49. The van der Waals surface area contributed by atoms with Crippen molar-refractivity contribution in [1.82, 2.24) is 0 Å². The van der Waals surface area contributed by atoms with Gasteiger partial charge in [0.1, 0.15) is 12.4 Å². The van der Waals surface area contributed by atoms with E-state index < -0.39 is 0 Å². The van der Waals surface area contributed by atoms with Gasteiger partial charge in [0.05, 0.1) is 18.7 Å². The summed E-state index contributed by atoms with van der Waals surface area (Å²) < 4.78 is 6.92. The Bertz CT molecular complexity index is 535. The lowest BCUT2D eigenvalue weighted by Crippen LogP contribution is -3.16. The molecular weight excluding hydrogens is 306 g/mol. The van der Waals surface area contributed by atoms with Crippen LogP contribution in [0.3, 0.4) is 0 Å². The van der Waals surface area contributed by atoms with Crippen molar-refractivity contribution in [3.05, 3.63) is 27.2 Å². The molecule has 1 aromatic carbocycles. The summed E-state index contributed by atoms with van der Waals surface area (Å²) in [5, 5.41) is 0. The smallest absolute Gasteiger partial charge is 0.227 e. The zero-order valence-corrected chi connectivity index (χ0v) is 13.0. The highest BCUT2D eigenvalue weighted by atomic mass is 79.9. The Kier molecular flexibility index (Phi) is 3.39. The fraction of sp³-hybridized carbons (Fsp3) is 0.533. The first kappa shape index (κ1) is 13.1. The Balaban J connectivity index is 1.99. The van der Waals surface area contributed by atoms with Gasteiger partial charge in [-0.25, -0.2) is 0 Å². The minimum atomic E-state index is -0.0102. The largest absolute Gasteiger partial charge is 0.486 e. The van der Waals surface area contributed by atoms with Gasteiger partial charge in [-0.15, -0.1) is 0 Å². The lowest BCUT2D eigenvalue weighted by Gasteiger charge is -2.29. The Labute approximate surface area is 122 Å². The van der Waals surface area contributed by atoms with Crippen molar-refractivity contribution in [2.45, 2.75) is 32.7 Å². The van der Waals surface area contributed by atoms with Crippen LogP contribution < -0.4 is 9.64 Å².